The number of H-pyrrole nitrogens is 1. The van der Waals surface area contributed by atoms with E-state index in [0.29, 0.717) is 41.1 Å². The number of alkyl halides is 3. The number of benzene rings is 2. The van der Waals surface area contributed by atoms with E-state index in [1.807, 2.05) is 24.3 Å². The summed E-state index contributed by atoms with van der Waals surface area (Å²) in [5.74, 6) is -0.0926. The molecular weight excluding hydrogens is 575 g/mol. The number of aliphatic imine (C=N–C) groups is 1. The predicted molar refractivity (Wildman–Crippen MR) is 163 cm³/mol. The summed E-state index contributed by atoms with van der Waals surface area (Å²) in [5.41, 5.74) is 18.9. The monoisotopic (exact) mass is 609 g/mol. The fourth-order valence-corrected chi connectivity index (χ4v) is 5.05. The van der Waals surface area contributed by atoms with E-state index < -0.39 is 23.9 Å². The molecule has 0 aliphatic carbocycles. The third kappa shape index (κ3) is 7.18. The molecule has 1 aliphatic heterocycles. The Labute approximate surface area is 250 Å². The summed E-state index contributed by atoms with van der Waals surface area (Å²) in [5, 5.41) is 14.0. The van der Waals surface area contributed by atoms with E-state index in [1.165, 1.54) is 21.6 Å². The summed E-state index contributed by atoms with van der Waals surface area (Å²) in [6.07, 6.45) is -2.05. The number of aromatic amines is 1. The van der Waals surface area contributed by atoms with Gasteiger partial charge in [-0.15, -0.1) is 0 Å². The third-order valence-electron chi connectivity index (χ3n) is 7.34. The van der Waals surface area contributed by atoms with Gasteiger partial charge in [-0.2, -0.15) is 18.2 Å². The normalized spacial score (nSPS) is 14.4. The molecule has 2 aromatic carbocycles. The minimum Gasteiger partial charge on any atom is -0.370 e. The zero-order valence-electron chi connectivity index (χ0n) is 23.7. The lowest BCUT2D eigenvalue weighted by Gasteiger charge is -2.42. The molecule has 1 unspecified atom stereocenters. The van der Waals surface area contributed by atoms with E-state index >= 15 is 0 Å². The Balaban J connectivity index is 1.29. The van der Waals surface area contributed by atoms with E-state index in [4.69, 9.17) is 22.6 Å². The smallest absolute Gasteiger partial charge is 0.370 e. The molecule has 5 rings (SSSR count). The maximum Gasteiger partial charge on any atom is 0.407 e. The van der Waals surface area contributed by atoms with E-state index in [2.05, 4.69) is 25.6 Å². The number of nitrogens with zero attached hydrogens (tertiary/aromatic N) is 4. The van der Waals surface area contributed by atoms with Crippen LogP contribution >= 0.6 is 0 Å². The van der Waals surface area contributed by atoms with Crippen LogP contribution in [0.3, 0.4) is 0 Å². The van der Waals surface area contributed by atoms with Gasteiger partial charge in [-0.3, -0.25) is 20.3 Å². The first kappa shape index (κ1) is 30.6. The molecular formula is C29H34F3N11O. The lowest BCUT2D eigenvalue weighted by molar-refractivity contribution is -0.161. The number of fused-ring (bicyclic) bond motifs is 1. The number of hydrogen-bond acceptors (Lipinski definition) is 6. The average Bonchev–Trinajstić information content (AvgIpc) is 3.36. The summed E-state index contributed by atoms with van der Waals surface area (Å²) < 4.78 is 43.2. The van der Waals surface area contributed by atoms with E-state index in [9.17, 15) is 18.0 Å². The van der Waals surface area contributed by atoms with Gasteiger partial charge in [0.05, 0.1) is 5.69 Å². The van der Waals surface area contributed by atoms with Crippen LogP contribution in [0.4, 0.5) is 13.2 Å². The first-order valence-corrected chi connectivity index (χ1v) is 14.0. The van der Waals surface area contributed by atoms with Crippen LogP contribution in [0.15, 0.2) is 70.6 Å². The van der Waals surface area contributed by atoms with E-state index in [-0.39, 0.29) is 30.6 Å². The minimum atomic E-state index is -4.51. The molecule has 15 heteroatoms. The van der Waals surface area contributed by atoms with Gasteiger partial charge >= 0.3 is 11.9 Å². The van der Waals surface area contributed by atoms with E-state index in [0.717, 1.165) is 18.5 Å². The van der Waals surface area contributed by atoms with Crippen molar-refractivity contribution in [3.63, 3.8) is 0 Å². The zero-order valence-corrected chi connectivity index (χ0v) is 23.7. The van der Waals surface area contributed by atoms with Crippen LogP contribution in [0.5, 0.6) is 0 Å². The highest BCUT2D eigenvalue weighted by atomic mass is 19.4. The number of halogens is 3. The first-order valence-electron chi connectivity index (χ1n) is 14.0. The Morgan fingerprint density at radius 3 is 2.57 bits per heavy atom. The maximum absolute atomic E-state index is 13.9. The van der Waals surface area contributed by atoms with Crippen LogP contribution < -0.4 is 33.5 Å². The highest BCUT2D eigenvalue weighted by molar-refractivity contribution is 5.82. The van der Waals surface area contributed by atoms with Gasteiger partial charge in [0.25, 0.3) is 0 Å². The molecule has 3 heterocycles. The number of hydrogen-bond donors (Lipinski definition) is 7. The van der Waals surface area contributed by atoms with Gasteiger partial charge in [0, 0.05) is 49.5 Å². The number of nitrogens with two attached hydrogens (primary N) is 3. The second-order valence-electron chi connectivity index (χ2n) is 10.6. The Bertz CT molecular complexity index is 1700. The summed E-state index contributed by atoms with van der Waals surface area (Å²) in [4.78, 5) is 25.7. The van der Waals surface area contributed by atoms with Gasteiger partial charge in [-0.1, -0.05) is 36.4 Å². The molecule has 0 spiro atoms. The quantitative estimate of drug-likeness (QED) is 0.0761. The molecule has 0 radical (unpaired) electrons. The van der Waals surface area contributed by atoms with Crippen molar-refractivity contribution >= 4 is 23.0 Å². The second-order valence-corrected chi connectivity index (χ2v) is 10.6. The molecule has 44 heavy (non-hydrogen) atoms. The Kier molecular flexibility index (Phi) is 8.87. The van der Waals surface area contributed by atoms with Gasteiger partial charge in [-0.25, -0.2) is 4.79 Å². The molecule has 0 saturated carbocycles. The van der Waals surface area contributed by atoms with Crippen LogP contribution in [-0.4, -0.2) is 69.8 Å². The van der Waals surface area contributed by atoms with Gasteiger partial charge in [0.15, 0.2) is 11.9 Å². The lowest BCUT2D eigenvalue weighted by Crippen LogP contribution is -2.62. The van der Waals surface area contributed by atoms with Crippen LogP contribution in [0.2, 0.25) is 0 Å². The maximum atomic E-state index is 13.9. The molecule has 1 atom stereocenters. The Morgan fingerprint density at radius 1 is 1.14 bits per heavy atom. The Morgan fingerprint density at radius 2 is 1.89 bits per heavy atom. The van der Waals surface area contributed by atoms with Gasteiger partial charge in [-0.05, 0) is 47.9 Å². The number of likely N-dealkylation sites (tertiary alicyclic amines) is 1. The number of aromatic nitrogens is 3. The summed E-state index contributed by atoms with van der Waals surface area (Å²) in [6.45, 7) is 2.33. The predicted octanol–water partition coefficient (Wildman–Crippen LogP) is 1.90. The fourth-order valence-electron chi connectivity index (χ4n) is 5.05. The van der Waals surface area contributed by atoms with Gasteiger partial charge < -0.3 is 32.4 Å². The molecule has 1 fully saturated rings. The molecule has 232 valence electrons. The van der Waals surface area contributed by atoms with E-state index in [1.54, 1.807) is 24.4 Å². The standard InChI is InChI=1S/C29H34F3N11O/c30-29(31,32)24(39-21-15-42(16-21)27(35)36)19-7-5-18(6-8-19)23-12-20-14-43(28(44)41-25(20)40-23)22-4-1-3-17(11-22)13-37-9-2-10-38-26(33)34/h1,3-8,11-12,14,21,24,37,39H,2,9-10,13,15-16H2,(H3,35,36)(H4,33,34,38)(H,40,41,44). The second kappa shape index (κ2) is 12.8. The Hall–Kier alpha value is -4.89. The van der Waals surface area contributed by atoms with Crippen molar-refractivity contribution in [2.24, 2.45) is 22.2 Å². The van der Waals surface area contributed by atoms with Gasteiger partial charge in [0.2, 0.25) is 0 Å². The molecule has 10 N–H and O–H groups in total. The number of nitrogens with one attached hydrogen (secondary N) is 4. The van der Waals surface area contributed by atoms with Crippen molar-refractivity contribution in [2.45, 2.75) is 31.2 Å². The van der Waals surface area contributed by atoms with Crippen LogP contribution in [-0.2, 0) is 6.54 Å². The molecule has 1 saturated heterocycles. The van der Waals surface area contributed by atoms with Crippen molar-refractivity contribution < 1.29 is 13.2 Å². The van der Waals surface area contributed by atoms with Crippen molar-refractivity contribution in [1.82, 2.24) is 30.1 Å². The summed E-state index contributed by atoms with van der Waals surface area (Å²) >= 11 is 0. The van der Waals surface area contributed by atoms with Crippen molar-refractivity contribution in [3.8, 4) is 16.9 Å². The molecule has 0 bridgehead atoms. The van der Waals surface area contributed by atoms with Crippen LogP contribution in [0.25, 0.3) is 28.0 Å². The summed E-state index contributed by atoms with van der Waals surface area (Å²) in [6, 6.07) is 13.1. The topological polar surface area (TPSA) is 192 Å². The largest absolute Gasteiger partial charge is 0.407 e. The fraction of sp³-hybridized carbons (Fsp3) is 0.310. The van der Waals surface area contributed by atoms with Gasteiger partial charge in [0.1, 0.15) is 11.7 Å². The number of guanidine groups is 2. The average molecular weight is 610 g/mol. The van der Waals surface area contributed by atoms with Crippen molar-refractivity contribution in [3.05, 3.63) is 82.4 Å². The third-order valence-corrected chi connectivity index (χ3v) is 7.34. The van der Waals surface area contributed by atoms with Crippen LogP contribution in [0, 0.1) is 5.41 Å². The van der Waals surface area contributed by atoms with Crippen LogP contribution in [0.1, 0.15) is 23.6 Å². The molecule has 4 aromatic rings. The molecule has 2 aromatic heterocycles. The zero-order chi connectivity index (χ0) is 31.4. The highest BCUT2D eigenvalue weighted by Crippen LogP contribution is 2.35. The minimum absolute atomic E-state index is 0.0669. The summed E-state index contributed by atoms with van der Waals surface area (Å²) in [7, 11) is 0. The molecule has 0 amide bonds. The SMILES string of the molecule is N=C(N)N1CC(NC(c2ccc(-c3cc4cn(-c5cccc(CNCCCN=C(N)N)c5)c(=O)nc4[nH]3)cc2)C(F)(F)F)C1. The highest BCUT2D eigenvalue weighted by Gasteiger charge is 2.43. The first-order chi connectivity index (χ1) is 21.0. The van der Waals surface area contributed by atoms with Crippen molar-refractivity contribution in [2.75, 3.05) is 26.2 Å². The number of rotatable bonds is 11. The molecule has 12 nitrogen and oxygen atoms in total. The van der Waals surface area contributed by atoms with Crippen molar-refractivity contribution in [1.29, 1.82) is 5.41 Å². The lowest BCUT2D eigenvalue weighted by atomic mass is 10.0. The molecule has 1 aliphatic rings.